The average Bonchev–Trinajstić information content (AvgIpc) is 3.57. The van der Waals surface area contributed by atoms with E-state index in [9.17, 15) is 14.0 Å². The Balaban J connectivity index is 1.44. The normalized spacial score (nSPS) is 10.8. The van der Waals surface area contributed by atoms with Crippen molar-refractivity contribution in [1.29, 1.82) is 0 Å². The molecule has 0 bridgehead atoms. The molecule has 0 fully saturated rings. The highest BCUT2D eigenvalue weighted by Crippen LogP contribution is 2.23. The van der Waals surface area contributed by atoms with Gasteiger partial charge in [-0.1, -0.05) is 25.1 Å². The molecule has 0 unspecified atom stereocenters. The first kappa shape index (κ1) is 26.3. The number of benzene rings is 2. The standard InChI is InChI=1S/C25H25FN6O3S2/c1-2-3-13-35-20-10-4-17(5-11-20)23(34)28-15-21-30-31-25(32(21)19-8-6-18(26)7-9-19)37-16-22(33)29-24-27-12-14-36-24/h4-12,14H,2-3,13,15-16H2,1H3,(H,28,34)(H,27,29,33). The van der Waals surface area contributed by atoms with E-state index in [1.165, 1.54) is 35.2 Å². The zero-order chi connectivity index (χ0) is 26.0. The molecule has 37 heavy (non-hydrogen) atoms. The molecule has 0 aliphatic heterocycles. The molecule has 0 radical (unpaired) electrons. The molecule has 2 amide bonds. The Morgan fingerprint density at radius 1 is 1.11 bits per heavy atom. The van der Waals surface area contributed by atoms with Crippen molar-refractivity contribution in [1.82, 2.24) is 25.1 Å². The Kier molecular flexibility index (Phi) is 9.22. The Hall–Kier alpha value is -3.77. The molecule has 0 spiro atoms. The molecule has 0 aliphatic carbocycles. The number of carbonyl (C=O) groups is 2. The quantitative estimate of drug-likeness (QED) is 0.198. The predicted octanol–water partition coefficient (Wildman–Crippen LogP) is 4.70. The monoisotopic (exact) mass is 540 g/mol. The summed E-state index contributed by atoms with van der Waals surface area (Å²) in [6.45, 7) is 2.80. The van der Waals surface area contributed by atoms with Crippen LogP contribution in [0.2, 0.25) is 0 Å². The van der Waals surface area contributed by atoms with E-state index in [1.54, 1.807) is 52.5 Å². The molecular weight excluding hydrogens is 515 g/mol. The number of hydrogen-bond acceptors (Lipinski definition) is 8. The maximum absolute atomic E-state index is 13.6. The number of nitrogens with zero attached hydrogens (tertiary/aromatic N) is 4. The lowest BCUT2D eigenvalue weighted by Gasteiger charge is -2.11. The molecule has 0 atom stereocenters. The lowest BCUT2D eigenvalue weighted by atomic mass is 10.2. The fourth-order valence-electron chi connectivity index (χ4n) is 3.23. The van der Waals surface area contributed by atoms with Crippen LogP contribution in [0.5, 0.6) is 5.75 Å². The van der Waals surface area contributed by atoms with E-state index in [2.05, 4.69) is 32.7 Å². The van der Waals surface area contributed by atoms with Crippen LogP contribution < -0.4 is 15.4 Å². The molecule has 2 aromatic carbocycles. The van der Waals surface area contributed by atoms with Crippen molar-refractivity contribution in [3.63, 3.8) is 0 Å². The fourth-order valence-corrected chi connectivity index (χ4v) is 4.54. The lowest BCUT2D eigenvalue weighted by Crippen LogP contribution is -2.24. The van der Waals surface area contributed by atoms with Gasteiger partial charge in [-0.15, -0.1) is 21.5 Å². The SMILES string of the molecule is CCCCOc1ccc(C(=O)NCc2nnc(SCC(=O)Nc3nccs3)n2-c2ccc(F)cc2)cc1. The number of aromatic nitrogens is 4. The first-order valence-corrected chi connectivity index (χ1v) is 13.4. The summed E-state index contributed by atoms with van der Waals surface area (Å²) in [5, 5.41) is 16.7. The van der Waals surface area contributed by atoms with Crippen LogP contribution in [0.4, 0.5) is 9.52 Å². The summed E-state index contributed by atoms with van der Waals surface area (Å²) in [5.41, 5.74) is 1.08. The topological polar surface area (TPSA) is 111 Å². The Morgan fingerprint density at radius 2 is 1.89 bits per heavy atom. The van der Waals surface area contributed by atoms with Crippen LogP contribution in [-0.2, 0) is 11.3 Å². The molecule has 12 heteroatoms. The molecule has 2 N–H and O–H groups in total. The summed E-state index contributed by atoms with van der Waals surface area (Å²) in [4.78, 5) is 29.1. The molecule has 192 valence electrons. The van der Waals surface area contributed by atoms with Crippen molar-refractivity contribution in [2.45, 2.75) is 31.5 Å². The van der Waals surface area contributed by atoms with Gasteiger partial charge in [-0.25, -0.2) is 9.37 Å². The third kappa shape index (κ3) is 7.37. The lowest BCUT2D eigenvalue weighted by molar-refractivity contribution is -0.113. The third-order valence-corrected chi connectivity index (χ3v) is 6.70. The van der Waals surface area contributed by atoms with E-state index in [-0.39, 0.29) is 29.9 Å². The second kappa shape index (κ2) is 13.0. The van der Waals surface area contributed by atoms with Gasteiger partial charge in [0.1, 0.15) is 11.6 Å². The molecule has 9 nitrogen and oxygen atoms in total. The van der Waals surface area contributed by atoms with Crippen LogP contribution in [0.25, 0.3) is 5.69 Å². The van der Waals surface area contributed by atoms with Crippen LogP contribution in [0, 0.1) is 5.82 Å². The highest BCUT2D eigenvalue weighted by Gasteiger charge is 2.17. The van der Waals surface area contributed by atoms with E-state index in [0.717, 1.165) is 12.8 Å². The highest BCUT2D eigenvalue weighted by atomic mass is 32.2. The second-order valence-corrected chi connectivity index (χ2v) is 9.63. The van der Waals surface area contributed by atoms with Crippen LogP contribution >= 0.6 is 23.1 Å². The van der Waals surface area contributed by atoms with Crippen molar-refractivity contribution in [3.8, 4) is 11.4 Å². The summed E-state index contributed by atoms with van der Waals surface area (Å²) in [5.74, 6) is 0.295. The Morgan fingerprint density at radius 3 is 2.59 bits per heavy atom. The van der Waals surface area contributed by atoms with Gasteiger partial charge in [0.25, 0.3) is 5.91 Å². The number of unbranched alkanes of at least 4 members (excludes halogenated alkanes) is 1. The van der Waals surface area contributed by atoms with Crippen molar-refractivity contribution in [2.24, 2.45) is 0 Å². The van der Waals surface area contributed by atoms with Crippen molar-refractivity contribution in [3.05, 3.63) is 77.3 Å². The van der Waals surface area contributed by atoms with Gasteiger partial charge in [0.2, 0.25) is 5.91 Å². The first-order valence-electron chi connectivity index (χ1n) is 11.6. The van der Waals surface area contributed by atoms with Crippen molar-refractivity contribution in [2.75, 3.05) is 17.7 Å². The molecule has 4 aromatic rings. The molecule has 0 saturated heterocycles. The Labute approximate surface area is 221 Å². The number of carbonyl (C=O) groups excluding carboxylic acids is 2. The molecule has 2 aromatic heterocycles. The number of ether oxygens (including phenoxy) is 1. The molecule has 0 aliphatic rings. The zero-order valence-electron chi connectivity index (χ0n) is 20.0. The van der Waals surface area contributed by atoms with Crippen LogP contribution in [0.15, 0.2) is 65.3 Å². The second-order valence-electron chi connectivity index (χ2n) is 7.79. The van der Waals surface area contributed by atoms with Crippen LogP contribution in [-0.4, -0.2) is 43.9 Å². The van der Waals surface area contributed by atoms with E-state index in [0.29, 0.717) is 39.7 Å². The number of halogens is 1. The van der Waals surface area contributed by atoms with E-state index in [1.807, 2.05) is 0 Å². The van der Waals surface area contributed by atoms with Gasteiger partial charge in [0.15, 0.2) is 16.1 Å². The largest absolute Gasteiger partial charge is 0.494 e. The number of nitrogens with one attached hydrogen (secondary N) is 2. The number of hydrogen-bond donors (Lipinski definition) is 2. The fraction of sp³-hybridized carbons (Fsp3) is 0.240. The minimum absolute atomic E-state index is 0.0674. The molecule has 4 rings (SSSR count). The van der Waals surface area contributed by atoms with Crippen LogP contribution in [0.3, 0.4) is 0 Å². The van der Waals surface area contributed by atoms with E-state index < -0.39 is 0 Å². The number of rotatable bonds is 12. The van der Waals surface area contributed by atoms with Gasteiger partial charge >= 0.3 is 0 Å². The number of amides is 2. The van der Waals surface area contributed by atoms with Gasteiger partial charge < -0.3 is 15.4 Å². The molecule has 0 saturated carbocycles. The average molecular weight is 541 g/mol. The molecule has 2 heterocycles. The highest BCUT2D eigenvalue weighted by molar-refractivity contribution is 7.99. The minimum Gasteiger partial charge on any atom is -0.494 e. The smallest absolute Gasteiger partial charge is 0.251 e. The van der Waals surface area contributed by atoms with Gasteiger partial charge in [-0.3, -0.25) is 14.2 Å². The summed E-state index contributed by atoms with van der Waals surface area (Å²) in [7, 11) is 0. The Bertz CT molecular complexity index is 1310. The van der Waals surface area contributed by atoms with Gasteiger partial charge in [-0.05, 0) is 55.0 Å². The summed E-state index contributed by atoms with van der Waals surface area (Å²) in [6.07, 6.45) is 3.62. The number of anilines is 1. The summed E-state index contributed by atoms with van der Waals surface area (Å²) in [6, 6.07) is 12.7. The maximum atomic E-state index is 13.6. The van der Waals surface area contributed by atoms with Gasteiger partial charge in [0.05, 0.1) is 18.9 Å². The predicted molar refractivity (Wildman–Crippen MR) is 141 cm³/mol. The minimum atomic E-state index is -0.383. The van der Waals surface area contributed by atoms with Crippen molar-refractivity contribution < 1.29 is 18.7 Å². The van der Waals surface area contributed by atoms with Gasteiger partial charge in [0, 0.05) is 22.8 Å². The van der Waals surface area contributed by atoms with E-state index in [4.69, 9.17) is 4.74 Å². The zero-order valence-corrected chi connectivity index (χ0v) is 21.7. The van der Waals surface area contributed by atoms with Crippen LogP contribution in [0.1, 0.15) is 35.9 Å². The number of thiazole rings is 1. The third-order valence-electron chi connectivity index (χ3n) is 5.09. The maximum Gasteiger partial charge on any atom is 0.251 e. The summed E-state index contributed by atoms with van der Waals surface area (Å²) >= 11 is 2.49. The summed E-state index contributed by atoms with van der Waals surface area (Å²) < 4.78 is 20.9. The first-order chi connectivity index (χ1) is 18.0. The number of thioether (sulfide) groups is 1. The van der Waals surface area contributed by atoms with Gasteiger partial charge in [-0.2, -0.15) is 0 Å². The van der Waals surface area contributed by atoms with Crippen molar-refractivity contribution >= 4 is 40.0 Å². The van der Waals surface area contributed by atoms with E-state index >= 15 is 0 Å². The molecular formula is C25H25FN6O3S2.